The molecule has 0 fully saturated rings. The predicted molar refractivity (Wildman–Crippen MR) is 129 cm³/mol. The van der Waals surface area contributed by atoms with Gasteiger partial charge >= 0.3 is 5.69 Å². The first kappa shape index (κ1) is 22.7. The minimum Gasteiger partial charge on any atom is -0.452 e. The highest BCUT2D eigenvalue weighted by Gasteiger charge is 2.36. The van der Waals surface area contributed by atoms with Gasteiger partial charge in [0.15, 0.2) is 0 Å². The molecule has 0 saturated heterocycles. The number of hydrogen-bond donors (Lipinski definition) is 2. The highest BCUT2D eigenvalue weighted by molar-refractivity contribution is 5.71. The fourth-order valence-corrected chi connectivity index (χ4v) is 4.02. The molecule has 1 aliphatic heterocycles. The van der Waals surface area contributed by atoms with Crippen LogP contribution in [-0.2, 0) is 20.1 Å². The van der Waals surface area contributed by atoms with Crippen molar-refractivity contribution in [1.82, 2.24) is 9.13 Å². The van der Waals surface area contributed by atoms with E-state index in [9.17, 15) is 14.7 Å². The molecule has 3 aromatic rings. The number of nitrogens with zero attached hydrogens (tertiary/aromatic N) is 3. The highest BCUT2D eigenvalue weighted by atomic mass is 16.5. The number of aliphatic hydroxyl groups excluding tert-OH is 1. The van der Waals surface area contributed by atoms with Gasteiger partial charge in [-0.15, -0.1) is 0 Å². The summed E-state index contributed by atoms with van der Waals surface area (Å²) < 4.78 is 8.92. The van der Waals surface area contributed by atoms with Crippen LogP contribution in [-0.4, -0.2) is 27.2 Å². The summed E-state index contributed by atoms with van der Waals surface area (Å²) in [7, 11) is 1.63. The van der Waals surface area contributed by atoms with E-state index in [1.54, 1.807) is 7.05 Å². The number of benzene rings is 2. The van der Waals surface area contributed by atoms with Crippen molar-refractivity contribution in [2.24, 2.45) is 7.05 Å². The van der Waals surface area contributed by atoms with Crippen LogP contribution in [0.3, 0.4) is 0 Å². The maximum Gasteiger partial charge on any atom is 0.332 e. The minimum atomic E-state index is -0.672. The van der Waals surface area contributed by atoms with Crippen molar-refractivity contribution in [3.63, 3.8) is 0 Å². The molecule has 0 saturated carbocycles. The van der Waals surface area contributed by atoms with E-state index in [0.717, 1.165) is 11.1 Å². The summed E-state index contributed by atoms with van der Waals surface area (Å²) in [5, 5.41) is 12.5. The summed E-state index contributed by atoms with van der Waals surface area (Å²) in [6.07, 6.45) is -0.350. The molecule has 2 heterocycles. The van der Waals surface area contributed by atoms with Crippen LogP contribution < -0.4 is 26.2 Å². The van der Waals surface area contributed by atoms with E-state index in [1.165, 1.54) is 9.13 Å². The third kappa shape index (κ3) is 4.52. The summed E-state index contributed by atoms with van der Waals surface area (Å²) in [6, 6.07) is 17.7. The van der Waals surface area contributed by atoms with Crippen molar-refractivity contribution in [2.45, 2.75) is 45.6 Å². The van der Waals surface area contributed by atoms with Gasteiger partial charge in [0.05, 0.1) is 0 Å². The molecule has 0 bridgehead atoms. The molecule has 33 heavy (non-hydrogen) atoms. The van der Waals surface area contributed by atoms with Crippen LogP contribution in [0.5, 0.6) is 5.75 Å². The zero-order valence-electron chi connectivity index (χ0n) is 19.2. The quantitative estimate of drug-likeness (QED) is 0.549. The summed E-state index contributed by atoms with van der Waals surface area (Å²) in [5.74, 6) is 1.45. The third-order valence-electron chi connectivity index (χ3n) is 5.86. The van der Waals surface area contributed by atoms with Crippen LogP contribution in [0, 0.1) is 0 Å². The topological polar surface area (TPSA) is 88.7 Å². The number of aliphatic hydroxyl groups is 1. The number of hydrogen-bond acceptors (Lipinski definition) is 6. The summed E-state index contributed by atoms with van der Waals surface area (Å²) in [4.78, 5) is 28.1. The average Bonchev–Trinajstić information content (AvgIpc) is 3.16. The van der Waals surface area contributed by atoms with Crippen molar-refractivity contribution < 1.29 is 9.84 Å². The van der Waals surface area contributed by atoms with E-state index in [0.29, 0.717) is 36.1 Å². The van der Waals surface area contributed by atoms with Crippen molar-refractivity contribution in [2.75, 3.05) is 16.8 Å². The molecular weight excluding hydrogens is 420 g/mol. The van der Waals surface area contributed by atoms with E-state index in [1.807, 2.05) is 53.4 Å². The first-order valence-electron chi connectivity index (χ1n) is 11.2. The molecule has 0 amide bonds. The molecule has 174 valence electrons. The number of anilines is 2. The lowest BCUT2D eigenvalue weighted by Gasteiger charge is -2.27. The molecule has 4 rings (SSSR count). The Hall–Kier alpha value is -3.52. The largest absolute Gasteiger partial charge is 0.452 e. The second-order valence-electron chi connectivity index (χ2n) is 8.53. The Balaban J connectivity index is 1.77. The lowest BCUT2D eigenvalue weighted by Crippen LogP contribution is -2.43. The van der Waals surface area contributed by atoms with Gasteiger partial charge in [-0.25, -0.2) is 4.79 Å². The normalized spacial score (nSPS) is 14.9. The molecule has 0 radical (unpaired) electrons. The van der Waals surface area contributed by atoms with Crippen molar-refractivity contribution in [3.05, 3.63) is 86.6 Å². The number of nitrogens with one attached hydrogen (secondary N) is 1. The van der Waals surface area contributed by atoms with Crippen LogP contribution in [0.15, 0.2) is 64.2 Å². The maximum atomic E-state index is 13.4. The number of fused-ring (bicyclic) bond motifs is 1. The smallest absolute Gasteiger partial charge is 0.332 e. The molecule has 0 spiro atoms. The molecular formula is C25H30N4O4. The van der Waals surface area contributed by atoms with Gasteiger partial charge in [0.2, 0.25) is 0 Å². The fourth-order valence-electron chi connectivity index (χ4n) is 4.02. The Labute approximate surface area is 192 Å². The second-order valence-corrected chi connectivity index (χ2v) is 8.53. The summed E-state index contributed by atoms with van der Waals surface area (Å²) in [6.45, 7) is 4.71. The highest BCUT2D eigenvalue weighted by Crippen LogP contribution is 2.33. The van der Waals surface area contributed by atoms with Gasteiger partial charge in [-0.05, 0) is 35.6 Å². The van der Waals surface area contributed by atoms with Gasteiger partial charge < -0.3 is 20.1 Å². The molecule has 1 atom stereocenters. The van der Waals surface area contributed by atoms with Gasteiger partial charge in [-0.2, -0.15) is 0 Å². The molecule has 8 nitrogen and oxygen atoms in total. The minimum absolute atomic E-state index is 0.101. The summed E-state index contributed by atoms with van der Waals surface area (Å²) >= 11 is 0. The van der Waals surface area contributed by atoms with Crippen LogP contribution in [0.4, 0.5) is 11.5 Å². The van der Waals surface area contributed by atoms with Crippen LogP contribution >= 0.6 is 0 Å². The molecule has 2 aromatic carbocycles. The van der Waals surface area contributed by atoms with Crippen LogP contribution in [0.2, 0.25) is 0 Å². The first-order valence-corrected chi connectivity index (χ1v) is 11.2. The van der Waals surface area contributed by atoms with Crippen LogP contribution in [0.25, 0.3) is 0 Å². The Bertz CT molecular complexity index is 1230. The Morgan fingerprint density at radius 3 is 2.55 bits per heavy atom. The van der Waals surface area contributed by atoms with Crippen molar-refractivity contribution in [1.29, 1.82) is 0 Å². The van der Waals surface area contributed by atoms with Crippen LogP contribution in [0.1, 0.15) is 37.3 Å². The van der Waals surface area contributed by atoms with E-state index in [2.05, 4.69) is 25.2 Å². The van der Waals surface area contributed by atoms with Crippen molar-refractivity contribution >= 4 is 11.5 Å². The Kier molecular flexibility index (Phi) is 6.55. The molecule has 1 unspecified atom stereocenters. The van der Waals surface area contributed by atoms with E-state index < -0.39 is 17.6 Å². The number of aromatic nitrogens is 2. The molecule has 1 aliphatic rings. The molecule has 2 N–H and O–H groups in total. The third-order valence-corrected chi connectivity index (χ3v) is 5.86. The lowest BCUT2D eigenvalue weighted by molar-refractivity contribution is 0.227. The lowest BCUT2D eigenvalue weighted by atomic mass is 10.0. The standard InChI is InChI=1S/C25H30N4O4/c1-17(2)19-11-7-12-20(15-19)33-24-26-22-21(29(24)16-18-9-5-4-6-10-18)23(31)28(13-8-14-30)25(32)27(22)3/h4-7,9-12,15,17,24,26,30H,8,13-14,16H2,1-3H3. The maximum absolute atomic E-state index is 13.4. The van der Waals surface area contributed by atoms with Gasteiger partial charge in [-0.3, -0.25) is 13.9 Å². The monoisotopic (exact) mass is 450 g/mol. The molecule has 1 aromatic heterocycles. The predicted octanol–water partition coefficient (Wildman–Crippen LogP) is 2.85. The fraction of sp³-hybridized carbons (Fsp3) is 0.360. The Morgan fingerprint density at radius 2 is 1.85 bits per heavy atom. The average molecular weight is 451 g/mol. The first-order chi connectivity index (χ1) is 15.9. The van der Waals surface area contributed by atoms with E-state index in [-0.39, 0.29) is 13.2 Å². The number of ether oxygens (including phenoxy) is 1. The van der Waals surface area contributed by atoms with Gasteiger partial charge in [0.1, 0.15) is 17.3 Å². The Morgan fingerprint density at radius 1 is 1.09 bits per heavy atom. The summed E-state index contributed by atoms with van der Waals surface area (Å²) in [5.41, 5.74) is 1.71. The zero-order chi connectivity index (χ0) is 23.5. The van der Waals surface area contributed by atoms with E-state index in [4.69, 9.17) is 4.74 Å². The van der Waals surface area contributed by atoms with E-state index >= 15 is 0 Å². The second kappa shape index (κ2) is 9.54. The van der Waals surface area contributed by atoms with Gasteiger partial charge in [0, 0.05) is 26.7 Å². The molecule has 8 heteroatoms. The van der Waals surface area contributed by atoms with Gasteiger partial charge in [0.25, 0.3) is 11.9 Å². The number of rotatable bonds is 8. The van der Waals surface area contributed by atoms with Crippen molar-refractivity contribution in [3.8, 4) is 5.75 Å². The SMILES string of the molecule is CC(C)c1cccc(OC2Nc3c(c(=O)n(CCCO)c(=O)n3C)N2Cc2ccccc2)c1. The zero-order valence-corrected chi connectivity index (χ0v) is 19.2. The molecule has 0 aliphatic carbocycles. The van der Waals surface area contributed by atoms with Gasteiger partial charge in [-0.1, -0.05) is 56.3 Å².